The molecule has 1 heterocycles. The van der Waals surface area contributed by atoms with Crippen LogP contribution in [0.25, 0.3) is 21.7 Å². The van der Waals surface area contributed by atoms with Gasteiger partial charge in [-0.25, -0.2) is 9.78 Å². The van der Waals surface area contributed by atoms with Gasteiger partial charge in [0, 0.05) is 6.42 Å². The Balaban J connectivity index is 1.75. The van der Waals surface area contributed by atoms with Crippen LogP contribution in [0, 0.1) is 0 Å². The van der Waals surface area contributed by atoms with Gasteiger partial charge in [-0.2, -0.15) is 0 Å². The van der Waals surface area contributed by atoms with E-state index in [-0.39, 0.29) is 18.1 Å². The maximum absolute atomic E-state index is 12.6. The van der Waals surface area contributed by atoms with Crippen LogP contribution in [-0.2, 0) is 6.42 Å². The molecule has 0 spiro atoms. The zero-order chi connectivity index (χ0) is 16.5. The predicted molar refractivity (Wildman–Crippen MR) is 92.3 cm³/mol. The van der Waals surface area contributed by atoms with Crippen LogP contribution in [0.2, 0.25) is 0 Å². The van der Waals surface area contributed by atoms with E-state index in [9.17, 15) is 9.59 Å². The molecular weight excluding hydrogens is 302 g/mol. The molecule has 1 aromatic heterocycles. The summed E-state index contributed by atoms with van der Waals surface area (Å²) in [5.41, 5.74) is 0.813. The summed E-state index contributed by atoms with van der Waals surface area (Å²) in [6.45, 7) is 0. The third-order valence-corrected chi connectivity index (χ3v) is 4.00. The number of fused-ring (bicyclic) bond motifs is 2. The number of Topliss-reactive ketones (excluding diaryl/α,β-unsaturated/α-hetero) is 1. The second-order valence-electron chi connectivity index (χ2n) is 5.56. The molecule has 0 N–H and O–H groups in total. The fourth-order valence-corrected chi connectivity index (χ4v) is 2.83. The first kappa shape index (κ1) is 14.3. The van der Waals surface area contributed by atoms with Crippen LogP contribution < -0.4 is 5.63 Å². The Hall–Kier alpha value is -3.27. The van der Waals surface area contributed by atoms with Gasteiger partial charge in [-0.1, -0.05) is 54.6 Å². The Labute approximate surface area is 137 Å². The molecule has 4 aromatic rings. The molecule has 0 amide bonds. The molecule has 0 aliphatic heterocycles. The van der Waals surface area contributed by atoms with Crippen LogP contribution in [0.4, 0.5) is 0 Å². The smallest absolute Gasteiger partial charge is 0.347 e. The number of carbonyl (C=O) groups excluding carboxylic acids is 1. The van der Waals surface area contributed by atoms with Gasteiger partial charge < -0.3 is 4.42 Å². The van der Waals surface area contributed by atoms with Crippen LogP contribution in [0.1, 0.15) is 16.2 Å². The SMILES string of the molecule is O=C(Cc1cccc2ccccc12)c1nc2ccccc2c(=O)o1. The summed E-state index contributed by atoms with van der Waals surface area (Å²) in [7, 11) is 0. The second-order valence-corrected chi connectivity index (χ2v) is 5.56. The van der Waals surface area contributed by atoms with Crippen molar-refractivity contribution in [1.82, 2.24) is 4.98 Å². The third-order valence-electron chi connectivity index (χ3n) is 4.00. The van der Waals surface area contributed by atoms with E-state index in [1.807, 2.05) is 42.5 Å². The lowest BCUT2D eigenvalue weighted by atomic mass is 10.0. The van der Waals surface area contributed by atoms with Gasteiger partial charge in [0.2, 0.25) is 5.78 Å². The lowest BCUT2D eigenvalue weighted by Gasteiger charge is -2.05. The first-order valence-electron chi connectivity index (χ1n) is 7.62. The monoisotopic (exact) mass is 315 g/mol. The van der Waals surface area contributed by atoms with Crippen molar-refractivity contribution in [2.24, 2.45) is 0 Å². The molecule has 4 nitrogen and oxygen atoms in total. The Kier molecular flexibility index (Phi) is 3.43. The highest BCUT2D eigenvalue weighted by Gasteiger charge is 2.15. The number of ketones is 1. The molecule has 116 valence electrons. The van der Waals surface area contributed by atoms with Crippen molar-refractivity contribution in [3.8, 4) is 0 Å². The van der Waals surface area contributed by atoms with Crippen molar-refractivity contribution in [3.63, 3.8) is 0 Å². The molecule has 0 aliphatic carbocycles. The van der Waals surface area contributed by atoms with Crippen molar-refractivity contribution < 1.29 is 9.21 Å². The normalized spacial score (nSPS) is 11.0. The molecule has 0 saturated heterocycles. The maximum atomic E-state index is 12.6. The number of aromatic nitrogens is 1. The molecule has 4 heteroatoms. The van der Waals surface area contributed by atoms with E-state index in [4.69, 9.17) is 4.42 Å². The molecule has 0 bridgehead atoms. The lowest BCUT2D eigenvalue weighted by molar-refractivity contribution is 0.0955. The van der Waals surface area contributed by atoms with Crippen molar-refractivity contribution in [3.05, 3.63) is 88.6 Å². The van der Waals surface area contributed by atoms with Gasteiger partial charge in [0.15, 0.2) is 0 Å². The Morgan fingerprint density at radius 2 is 1.58 bits per heavy atom. The molecule has 0 atom stereocenters. The van der Waals surface area contributed by atoms with E-state index in [0.717, 1.165) is 16.3 Å². The number of rotatable bonds is 3. The third kappa shape index (κ3) is 2.48. The van der Waals surface area contributed by atoms with Gasteiger partial charge in [0.05, 0.1) is 10.9 Å². The quantitative estimate of drug-likeness (QED) is 0.540. The summed E-state index contributed by atoms with van der Waals surface area (Å²) in [5, 5.41) is 2.45. The minimum absolute atomic E-state index is 0.135. The first-order valence-corrected chi connectivity index (χ1v) is 7.62. The Morgan fingerprint density at radius 3 is 2.46 bits per heavy atom. The van der Waals surface area contributed by atoms with Crippen molar-refractivity contribution >= 4 is 27.5 Å². The average molecular weight is 315 g/mol. The summed E-state index contributed by atoms with van der Waals surface area (Å²) in [4.78, 5) is 28.8. The van der Waals surface area contributed by atoms with E-state index in [0.29, 0.717) is 10.9 Å². The topological polar surface area (TPSA) is 60.2 Å². The molecule has 0 aliphatic rings. The van der Waals surface area contributed by atoms with Gasteiger partial charge in [0.25, 0.3) is 5.89 Å². The van der Waals surface area contributed by atoms with Gasteiger partial charge in [-0.3, -0.25) is 4.79 Å². The number of hydrogen-bond donors (Lipinski definition) is 0. The van der Waals surface area contributed by atoms with Crippen LogP contribution in [-0.4, -0.2) is 10.8 Å². The Bertz CT molecular complexity index is 1120. The largest absolute Gasteiger partial charge is 0.400 e. The van der Waals surface area contributed by atoms with Crippen molar-refractivity contribution in [1.29, 1.82) is 0 Å². The van der Waals surface area contributed by atoms with Crippen molar-refractivity contribution in [2.75, 3.05) is 0 Å². The van der Waals surface area contributed by atoms with Crippen LogP contribution in [0.3, 0.4) is 0 Å². The first-order chi connectivity index (χ1) is 11.7. The fourth-order valence-electron chi connectivity index (χ4n) is 2.83. The van der Waals surface area contributed by atoms with Gasteiger partial charge in [-0.05, 0) is 28.5 Å². The van der Waals surface area contributed by atoms with Gasteiger partial charge >= 0.3 is 5.63 Å². The van der Waals surface area contributed by atoms with E-state index in [2.05, 4.69) is 4.98 Å². The summed E-state index contributed by atoms with van der Waals surface area (Å²) in [6, 6.07) is 20.5. The molecule has 0 radical (unpaired) electrons. The zero-order valence-electron chi connectivity index (χ0n) is 12.7. The van der Waals surface area contributed by atoms with Crippen molar-refractivity contribution in [2.45, 2.75) is 6.42 Å². The number of hydrogen-bond acceptors (Lipinski definition) is 4. The minimum atomic E-state index is -0.540. The number of benzene rings is 3. The zero-order valence-corrected chi connectivity index (χ0v) is 12.7. The molecule has 3 aromatic carbocycles. The van der Waals surface area contributed by atoms with Gasteiger partial charge in [-0.15, -0.1) is 0 Å². The van der Waals surface area contributed by atoms with E-state index < -0.39 is 5.63 Å². The highest BCUT2D eigenvalue weighted by Crippen LogP contribution is 2.20. The molecule has 24 heavy (non-hydrogen) atoms. The van der Waals surface area contributed by atoms with Crippen LogP contribution in [0.5, 0.6) is 0 Å². The standard InChI is InChI=1S/C20H13NO3/c22-18(12-14-8-5-7-13-6-1-2-9-15(13)14)19-21-17-11-4-3-10-16(17)20(23)24-19/h1-11H,12H2. The lowest BCUT2D eigenvalue weighted by Crippen LogP contribution is -2.12. The minimum Gasteiger partial charge on any atom is -0.400 e. The summed E-state index contributed by atoms with van der Waals surface area (Å²) < 4.78 is 5.12. The second kappa shape index (κ2) is 5.74. The molecule has 4 rings (SSSR count). The molecule has 0 fully saturated rings. The number of para-hydroxylation sites is 1. The summed E-state index contributed by atoms with van der Waals surface area (Å²) in [5.74, 6) is -0.458. The van der Waals surface area contributed by atoms with E-state index in [1.54, 1.807) is 24.3 Å². The summed E-state index contributed by atoms with van der Waals surface area (Å²) in [6.07, 6.45) is 0.135. The van der Waals surface area contributed by atoms with E-state index >= 15 is 0 Å². The predicted octanol–water partition coefficient (Wildman–Crippen LogP) is 3.77. The van der Waals surface area contributed by atoms with Gasteiger partial charge in [0.1, 0.15) is 0 Å². The highest BCUT2D eigenvalue weighted by molar-refractivity contribution is 5.98. The summed E-state index contributed by atoms with van der Waals surface area (Å²) >= 11 is 0. The molecule has 0 saturated carbocycles. The van der Waals surface area contributed by atoms with Crippen LogP contribution >= 0.6 is 0 Å². The average Bonchev–Trinajstić information content (AvgIpc) is 2.62. The number of carbonyl (C=O) groups is 1. The van der Waals surface area contributed by atoms with Crippen LogP contribution in [0.15, 0.2) is 75.9 Å². The maximum Gasteiger partial charge on any atom is 0.347 e. The van der Waals surface area contributed by atoms with E-state index in [1.165, 1.54) is 0 Å². The number of nitrogens with zero attached hydrogens (tertiary/aromatic N) is 1. The molecule has 0 unspecified atom stereocenters. The highest BCUT2D eigenvalue weighted by atomic mass is 16.4. The fraction of sp³-hybridized carbons (Fsp3) is 0.0500. The molecular formula is C20H13NO3. The Morgan fingerprint density at radius 1 is 0.875 bits per heavy atom.